The highest BCUT2D eigenvalue weighted by atomic mass is 35.5. The van der Waals surface area contributed by atoms with Gasteiger partial charge < -0.3 is 5.32 Å². The number of carbonyl (C=O) groups is 1. The number of nitrogens with zero attached hydrogens (tertiary/aromatic N) is 1. The van der Waals surface area contributed by atoms with E-state index in [-0.39, 0.29) is 10.7 Å². The van der Waals surface area contributed by atoms with Gasteiger partial charge in [-0.1, -0.05) is 23.7 Å². The van der Waals surface area contributed by atoms with Crippen LogP contribution in [-0.4, -0.2) is 10.9 Å². The molecule has 19 heavy (non-hydrogen) atoms. The van der Waals surface area contributed by atoms with Crippen molar-refractivity contribution in [3.8, 4) is 0 Å². The van der Waals surface area contributed by atoms with E-state index in [9.17, 15) is 9.18 Å². The fourth-order valence-electron chi connectivity index (χ4n) is 1.65. The van der Waals surface area contributed by atoms with Crippen molar-refractivity contribution in [2.75, 3.05) is 5.32 Å². The van der Waals surface area contributed by atoms with Crippen LogP contribution in [0.2, 0.25) is 5.15 Å². The second-order valence-electron chi connectivity index (χ2n) is 4.24. The molecule has 0 fully saturated rings. The lowest BCUT2D eigenvalue weighted by atomic mass is 10.1. The van der Waals surface area contributed by atoms with E-state index in [0.29, 0.717) is 11.3 Å². The fraction of sp³-hybridized carbons (Fsp3) is 0.143. The number of nitrogens with one attached hydrogen (secondary N) is 1. The van der Waals surface area contributed by atoms with E-state index in [1.807, 2.05) is 6.92 Å². The lowest BCUT2D eigenvalue weighted by Crippen LogP contribution is -2.15. The molecule has 3 nitrogen and oxygen atoms in total. The van der Waals surface area contributed by atoms with Gasteiger partial charge in [0.2, 0.25) is 0 Å². The number of hydrogen-bond acceptors (Lipinski definition) is 2. The third-order valence-corrected chi connectivity index (χ3v) is 2.96. The number of halogens is 2. The minimum absolute atomic E-state index is 0.0161. The molecule has 98 valence electrons. The predicted molar refractivity (Wildman–Crippen MR) is 73.1 cm³/mol. The van der Waals surface area contributed by atoms with Gasteiger partial charge in [0.25, 0.3) is 5.91 Å². The van der Waals surface area contributed by atoms with E-state index in [0.717, 1.165) is 5.56 Å². The van der Waals surface area contributed by atoms with Crippen LogP contribution >= 0.6 is 11.6 Å². The summed E-state index contributed by atoms with van der Waals surface area (Å²) in [6.07, 6.45) is 1.59. The topological polar surface area (TPSA) is 42.0 Å². The average molecular weight is 279 g/mol. The first-order chi connectivity index (χ1) is 8.99. The summed E-state index contributed by atoms with van der Waals surface area (Å²) in [6, 6.07) is 6.34. The fourth-order valence-corrected chi connectivity index (χ4v) is 1.80. The average Bonchev–Trinajstić information content (AvgIpc) is 2.37. The second kappa shape index (κ2) is 5.36. The molecule has 0 spiro atoms. The lowest BCUT2D eigenvalue weighted by Gasteiger charge is -2.09. The van der Waals surface area contributed by atoms with Gasteiger partial charge in [-0.15, -0.1) is 0 Å². The molecule has 1 amide bonds. The molecule has 0 aliphatic rings. The monoisotopic (exact) mass is 278 g/mol. The number of benzene rings is 1. The van der Waals surface area contributed by atoms with Gasteiger partial charge in [0.05, 0.1) is 11.3 Å². The molecule has 0 aliphatic carbocycles. The predicted octanol–water partition coefficient (Wildman–Crippen LogP) is 3.74. The van der Waals surface area contributed by atoms with Crippen molar-refractivity contribution < 1.29 is 9.18 Å². The summed E-state index contributed by atoms with van der Waals surface area (Å²) in [4.78, 5) is 15.9. The van der Waals surface area contributed by atoms with Gasteiger partial charge in [0.15, 0.2) is 5.15 Å². The summed E-state index contributed by atoms with van der Waals surface area (Å²) in [7, 11) is 0. The first-order valence-electron chi connectivity index (χ1n) is 5.67. The lowest BCUT2D eigenvalue weighted by molar-refractivity contribution is 0.102. The molecule has 0 aliphatic heterocycles. The van der Waals surface area contributed by atoms with Crippen molar-refractivity contribution in [3.05, 3.63) is 58.1 Å². The Kier molecular flexibility index (Phi) is 3.81. The molecule has 0 radical (unpaired) electrons. The van der Waals surface area contributed by atoms with E-state index >= 15 is 0 Å². The maximum absolute atomic E-state index is 13.8. The molecule has 1 N–H and O–H groups in total. The molecular weight excluding hydrogens is 267 g/mol. The quantitative estimate of drug-likeness (QED) is 0.850. The van der Waals surface area contributed by atoms with Crippen molar-refractivity contribution >= 4 is 23.2 Å². The third kappa shape index (κ3) is 2.90. The molecule has 2 rings (SSSR count). The van der Waals surface area contributed by atoms with E-state index in [1.54, 1.807) is 31.3 Å². The number of pyridine rings is 1. The van der Waals surface area contributed by atoms with Gasteiger partial charge in [-0.05, 0) is 37.1 Å². The summed E-state index contributed by atoms with van der Waals surface area (Å²) in [5, 5.41) is 2.74. The summed E-state index contributed by atoms with van der Waals surface area (Å²) >= 11 is 5.88. The van der Waals surface area contributed by atoms with Gasteiger partial charge in [0, 0.05) is 6.20 Å². The highest BCUT2D eigenvalue weighted by Crippen LogP contribution is 2.21. The minimum atomic E-state index is -0.546. The molecule has 2 aromatic rings. The highest BCUT2D eigenvalue weighted by molar-refractivity contribution is 6.32. The summed E-state index contributed by atoms with van der Waals surface area (Å²) in [5.41, 5.74) is 1.62. The van der Waals surface area contributed by atoms with Gasteiger partial charge >= 0.3 is 0 Å². The van der Waals surface area contributed by atoms with Crippen LogP contribution in [0.3, 0.4) is 0 Å². The van der Waals surface area contributed by atoms with Crippen LogP contribution in [0, 0.1) is 19.7 Å². The molecular formula is C14H12ClFN2O. The number of rotatable bonds is 2. The Labute approximate surface area is 115 Å². The number of anilines is 1. The third-order valence-electron chi connectivity index (χ3n) is 2.66. The molecule has 1 heterocycles. The van der Waals surface area contributed by atoms with E-state index in [2.05, 4.69) is 10.3 Å². The highest BCUT2D eigenvalue weighted by Gasteiger charge is 2.14. The number of aromatic nitrogens is 1. The minimum Gasteiger partial charge on any atom is -0.319 e. The van der Waals surface area contributed by atoms with Crippen molar-refractivity contribution in [2.24, 2.45) is 0 Å². The molecule has 0 atom stereocenters. The molecule has 0 unspecified atom stereocenters. The Balaban J connectivity index is 2.31. The van der Waals surface area contributed by atoms with Crippen LogP contribution in [0.5, 0.6) is 0 Å². The summed E-state index contributed by atoms with van der Waals surface area (Å²) in [6.45, 7) is 3.43. The standard InChI is InChI=1S/C14H12ClFN2O/c1-8-6-11(13(15)17-7-8)18-14(19)10-5-3-4-9(2)12(10)16/h3-7H,1-2H3,(H,18,19). The first-order valence-corrected chi connectivity index (χ1v) is 6.05. The number of aryl methyl sites for hydroxylation is 2. The van der Waals surface area contributed by atoms with Crippen LogP contribution in [0.15, 0.2) is 30.5 Å². The normalized spacial score (nSPS) is 10.3. The smallest absolute Gasteiger partial charge is 0.258 e. The molecule has 0 saturated heterocycles. The maximum atomic E-state index is 13.8. The van der Waals surface area contributed by atoms with Crippen molar-refractivity contribution in [1.82, 2.24) is 4.98 Å². The van der Waals surface area contributed by atoms with Crippen molar-refractivity contribution in [1.29, 1.82) is 0 Å². The Morgan fingerprint density at radius 3 is 2.84 bits per heavy atom. The summed E-state index contributed by atoms with van der Waals surface area (Å²) in [5.74, 6) is -1.08. The Hall–Kier alpha value is -1.94. The van der Waals surface area contributed by atoms with E-state index < -0.39 is 11.7 Å². The molecule has 5 heteroatoms. The second-order valence-corrected chi connectivity index (χ2v) is 4.60. The van der Waals surface area contributed by atoms with Gasteiger partial charge in [-0.3, -0.25) is 4.79 Å². The van der Waals surface area contributed by atoms with E-state index in [1.165, 1.54) is 6.07 Å². The van der Waals surface area contributed by atoms with Crippen molar-refractivity contribution in [3.63, 3.8) is 0 Å². The molecule has 1 aromatic carbocycles. The number of carbonyl (C=O) groups excluding carboxylic acids is 1. The largest absolute Gasteiger partial charge is 0.319 e. The molecule has 0 saturated carbocycles. The van der Waals surface area contributed by atoms with Crippen molar-refractivity contribution in [2.45, 2.75) is 13.8 Å². The number of amides is 1. The Bertz CT molecular complexity index is 643. The van der Waals surface area contributed by atoms with Crippen LogP contribution in [0.25, 0.3) is 0 Å². The summed E-state index contributed by atoms with van der Waals surface area (Å²) < 4.78 is 13.8. The Morgan fingerprint density at radius 1 is 1.37 bits per heavy atom. The van der Waals surface area contributed by atoms with Crippen LogP contribution in [0.4, 0.5) is 10.1 Å². The maximum Gasteiger partial charge on any atom is 0.258 e. The van der Waals surface area contributed by atoms with Crippen LogP contribution < -0.4 is 5.32 Å². The SMILES string of the molecule is Cc1cnc(Cl)c(NC(=O)c2cccc(C)c2F)c1. The number of hydrogen-bond donors (Lipinski definition) is 1. The molecule has 0 bridgehead atoms. The van der Waals surface area contributed by atoms with Gasteiger partial charge in [0.1, 0.15) is 5.82 Å². The Morgan fingerprint density at radius 2 is 2.11 bits per heavy atom. The zero-order chi connectivity index (χ0) is 14.0. The zero-order valence-corrected chi connectivity index (χ0v) is 11.3. The first kappa shape index (κ1) is 13.5. The van der Waals surface area contributed by atoms with E-state index in [4.69, 9.17) is 11.6 Å². The van der Waals surface area contributed by atoms with Crippen LogP contribution in [0.1, 0.15) is 21.5 Å². The van der Waals surface area contributed by atoms with Gasteiger partial charge in [-0.25, -0.2) is 9.37 Å². The zero-order valence-electron chi connectivity index (χ0n) is 10.5. The van der Waals surface area contributed by atoms with Crippen LogP contribution in [-0.2, 0) is 0 Å². The molecule has 1 aromatic heterocycles. The van der Waals surface area contributed by atoms with Gasteiger partial charge in [-0.2, -0.15) is 0 Å².